The van der Waals surface area contributed by atoms with Gasteiger partial charge in [-0.25, -0.2) is 9.59 Å². The highest BCUT2D eigenvalue weighted by Gasteiger charge is 2.50. The van der Waals surface area contributed by atoms with Crippen LogP contribution in [-0.2, 0) is 29.0 Å². The van der Waals surface area contributed by atoms with Crippen LogP contribution in [0.4, 0.5) is 9.59 Å². The van der Waals surface area contributed by atoms with Crippen molar-refractivity contribution in [3.8, 4) is 0 Å². The molecule has 3 rings (SSSR count). The monoisotopic (exact) mass is 630 g/mol. The van der Waals surface area contributed by atoms with Gasteiger partial charge in [-0.1, -0.05) is 51.4 Å². The molecule has 42 heavy (non-hydrogen) atoms. The number of rotatable bonds is 11. The fraction of sp³-hybridized carbons (Fsp3) is 0.679. The molecule has 2 aliphatic rings. The molecule has 1 saturated heterocycles. The van der Waals surface area contributed by atoms with Gasteiger partial charge >= 0.3 is 12.2 Å². The summed E-state index contributed by atoms with van der Waals surface area (Å²) in [5, 5.41) is 16.8. The van der Waals surface area contributed by atoms with E-state index in [-0.39, 0.29) is 24.9 Å². The number of amides is 3. The van der Waals surface area contributed by atoms with Crippen molar-refractivity contribution in [2.75, 3.05) is 26.4 Å². The number of halogens is 1. The number of carbonyl (C=O) groups is 3. The van der Waals surface area contributed by atoms with Crippen LogP contribution in [-0.4, -0.2) is 71.5 Å². The zero-order chi connectivity index (χ0) is 31.5. The lowest BCUT2D eigenvalue weighted by atomic mass is 9.66. The molecule has 14 heteroatoms. The van der Waals surface area contributed by atoms with Crippen molar-refractivity contribution >= 4 is 37.7 Å². The van der Waals surface area contributed by atoms with Crippen molar-refractivity contribution < 1.29 is 38.1 Å². The summed E-state index contributed by atoms with van der Waals surface area (Å²) >= 11 is 6.03. The summed E-state index contributed by atoms with van der Waals surface area (Å²) < 4.78 is 27.0. The van der Waals surface area contributed by atoms with Gasteiger partial charge in [0.05, 0.1) is 17.4 Å². The fourth-order valence-electron chi connectivity index (χ4n) is 4.87. The molecule has 1 aliphatic carbocycles. The van der Waals surface area contributed by atoms with Gasteiger partial charge in [0.25, 0.3) is 0 Å². The average Bonchev–Trinajstić information content (AvgIpc) is 3.65. The summed E-state index contributed by atoms with van der Waals surface area (Å²) in [6.45, 7) is 10.6. The predicted molar refractivity (Wildman–Crippen MR) is 158 cm³/mol. The molecule has 3 atom stereocenters. The third-order valence-electron chi connectivity index (χ3n) is 7.90. The molecule has 236 valence electrons. The number of nitrogens with one attached hydrogen (secondary N) is 2. The minimum atomic E-state index is -2.53. The van der Waals surface area contributed by atoms with Crippen LogP contribution in [0.25, 0.3) is 0 Å². The Bertz CT molecular complexity index is 1170. The first-order valence-corrected chi connectivity index (χ1v) is 15.7. The van der Waals surface area contributed by atoms with Gasteiger partial charge in [0, 0.05) is 23.5 Å². The summed E-state index contributed by atoms with van der Waals surface area (Å²) in [5.41, 5.74) is 3.53. The molecular formula is C28H44ClN4O8P. The van der Waals surface area contributed by atoms with Crippen molar-refractivity contribution in [2.45, 2.75) is 83.3 Å². The summed E-state index contributed by atoms with van der Waals surface area (Å²) in [6, 6.07) is 5.64. The van der Waals surface area contributed by atoms with Crippen molar-refractivity contribution in [3.05, 3.63) is 34.9 Å². The van der Waals surface area contributed by atoms with Crippen LogP contribution in [0.15, 0.2) is 24.3 Å². The number of aliphatic hydroxyl groups is 1. The van der Waals surface area contributed by atoms with E-state index in [4.69, 9.17) is 31.3 Å². The highest BCUT2D eigenvalue weighted by molar-refractivity contribution is 7.41. The maximum Gasteiger partial charge on any atom is 0.511 e. The van der Waals surface area contributed by atoms with Crippen LogP contribution in [0, 0.1) is 11.3 Å². The normalized spacial score (nSPS) is 22.6. The number of piperidine rings is 1. The molecule has 1 aliphatic heterocycles. The van der Waals surface area contributed by atoms with Crippen molar-refractivity contribution in [1.29, 1.82) is 0 Å². The first-order chi connectivity index (χ1) is 19.4. The molecule has 2 fully saturated rings. The molecule has 5 N–H and O–H groups in total. The number of nitrogens with two attached hydrogens (primary N) is 1. The van der Waals surface area contributed by atoms with Crippen molar-refractivity contribution in [1.82, 2.24) is 15.5 Å². The zero-order valence-electron chi connectivity index (χ0n) is 25.1. The van der Waals surface area contributed by atoms with Gasteiger partial charge in [-0.2, -0.15) is 0 Å². The number of hydrogen-bond acceptors (Lipinski definition) is 9. The second-order valence-electron chi connectivity index (χ2n) is 12.8. The smallest absolute Gasteiger partial charge is 0.426 e. The van der Waals surface area contributed by atoms with Crippen LogP contribution in [0.3, 0.4) is 0 Å². The van der Waals surface area contributed by atoms with Gasteiger partial charge in [-0.05, 0) is 56.7 Å². The van der Waals surface area contributed by atoms with E-state index < -0.39 is 54.9 Å². The van der Waals surface area contributed by atoms with Crippen LogP contribution >= 0.6 is 19.6 Å². The molecule has 0 aromatic heterocycles. The number of likely N-dealkylation sites (tertiary alicyclic amines) is 1. The van der Waals surface area contributed by atoms with Gasteiger partial charge in [-0.15, -0.1) is 0 Å². The number of benzene rings is 1. The van der Waals surface area contributed by atoms with E-state index >= 15 is 0 Å². The van der Waals surface area contributed by atoms with Crippen LogP contribution in [0.5, 0.6) is 0 Å². The summed E-state index contributed by atoms with van der Waals surface area (Å²) in [7, 11) is -2.53. The van der Waals surface area contributed by atoms with E-state index in [0.717, 1.165) is 5.56 Å². The van der Waals surface area contributed by atoms with Crippen LogP contribution < -0.4 is 16.4 Å². The van der Waals surface area contributed by atoms with Crippen LogP contribution in [0.1, 0.15) is 66.4 Å². The topological polar surface area (TPSA) is 170 Å². The van der Waals surface area contributed by atoms with E-state index in [9.17, 15) is 24.1 Å². The molecule has 3 amide bonds. The highest BCUT2D eigenvalue weighted by atomic mass is 35.5. The molecule has 0 spiro atoms. The lowest BCUT2D eigenvalue weighted by molar-refractivity contribution is -0.155. The molecule has 1 heterocycles. The van der Waals surface area contributed by atoms with Crippen molar-refractivity contribution in [3.63, 3.8) is 0 Å². The van der Waals surface area contributed by atoms with Gasteiger partial charge in [0.2, 0.25) is 20.7 Å². The quantitative estimate of drug-likeness (QED) is 0.161. The van der Waals surface area contributed by atoms with E-state index in [2.05, 4.69) is 10.6 Å². The standard InChI is InChI=1S/C28H44ClN4O8P/c1-18(2)21(22(34)33-14-13-28(37,25(3,4)16-33)19-7-9-20(29)10-8-19)32-23(35)31-15-26(5,6)41-24(36)39-17-40-42(38)27(30)11-12-27/h7-10,18,21,37,42H,11-17,30H2,1-6H3,(H2,31,32,35)/t21-,28+/m1/s1. The SMILES string of the molecule is CC(C)[C@@H](NC(=O)NCC(C)(C)OC(=O)OCO[PH](=O)C1(N)CC1)C(=O)N1CC[C@](O)(c2ccc(Cl)cc2)C(C)(C)C1. The predicted octanol–water partition coefficient (Wildman–Crippen LogP) is 3.94. The third kappa shape index (κ3) is 8.38. The summed E-state index contributed by atoms with van der Waals surface area (Å²) in [4.78, 5) is 40.1. The Labute approximate surface area is 252 Å². The van der Waals surface area contributed by atoms with Crippen LogP contribution in [0.2, 0.25) is 5.02 Å². The molecule has 1 aromatic rings. The zero-order valence-corrected chi connectivity index (χ0v) is 26.9. The molecular weight excluding hydrogens is 587 g/mol. The van der Waals surface area contributed by atoms with Gasteiger partial charge in [0.15, 0.2) is 0 Å². The fourth-order valence-corrected chi connectivity index (χ4v) is 5.98. The molecule has 1 unspecified atom stereocenters. The lowest BCUT2D eigenvalue weighted by Crippen LogP contribution is -2.61. The van der Waals surface area contributed by atoms with E-state index in [1.807, 2.05) is 27.7 Å². The van der Waals surface area contributed by atoms with E-state index in [1.165, 1.54) is 0 Å². The molecule has 1 saturated carbocycles. The van der Waals surface area contributed by atoms with E-state index in [0.29, 0.717) is 30.8 Å². The Morgan fingerprint density at radius 2 is 1.79 bits per heavy atom. The largest absolute Gasteiger partial charge is 0.511 e. The maximum atomic E-state index is 13.6. The Morgan fingerprint density at radius 3 is 2.33 bits per heavy atom. The minimum absolute atomic E-state index is 0.0822. The van der Waals surface area contributed by atoms with Crippen molar-refractivity contribution in [2.24, 2.45) is 17.1 Å². The minimum Gasteiger partial charge on any atom is -0.426 e. The Balaban J connectivity index is 1.51. The second-order valence-corrected chi connectivity index (χ2v) is 15.1. The number of carbonyl (C=O) groups excluding carboxylic acids is 3. The first-order valence-electron chi connectivity index (χ1n) is 14.0. The Morgan fingerprint density at radius 1 is 1.17 bits per heavy atom. The lowest BCUT2D eigenvalue weighted by Gasteiger charge is -2.51. The molecule has 0 bridgehead atoms. The Hall–Kier alpha value is -2.37. The number of nitrogens with zero attached hydrogens (tertiary/aromatic N) is 1. The molecule has 12 nitrogen and oxygen atoms in total. The molecule has 1 aromatic carbocycles. The average molecular weight is 631 g/mol. The summed E-state index contributed by atoms with van der Waals surface area (Å²) in [5.74, 6) is -0.478. The number of ether oxygens (including phenoxy) is 2. The number of urea groups is 1. The molecule has 0 radical (unpaired) electrons. The van der Waals surface area contributed by atoms with Gasteiger partial charge in [-0.3, -0.25) is 13.9 Å². The third-order valence-corrected chi connectivity index (χ3v) is 9.84. The maximum absolute atomic E-state index is 13.6. The van der Waals surface area contributed by atoms with Gasteiger partial charge < -0.3 is 35.8 Å². The first kappa shape index (κ1) is 34.1. The van der Waals surface area contributed by atoms with Gasteiger partial charge in [0.1, 0.15) is 11.6 Å². The number of hydrogen-bond donors (Lipinski definition) is 4. The van der Waals surface area contributed by atoms with E-state index in [1.54, 1.807) is 43.0 Å². The highest BCUT2D eigenvalue weighted by Crippen LogP contribution is 2.53. The summed E-state index contributed by atoms with van der Waals surface area (Å²) in [6.07, 6.45) is 0.466. The Kier molecular flexibility index (Phi) is 10.6. The second kappa shape index (κ2) is 13.1.